The molecule has 0 amide bonds. The molecule has 3 aromatic rings. The fourth-order valence-electron chi connectivity index (χ4n) is 2.37. The van der Waals surface area contributed by atoms with Crippen LogP contribution in [0, 0.1) is 11.3 Å². The van der Waals surface area contributed by atoms with Crippen molar-refractivity contribution in [3.63, 3.8) is 0 Å². The molecule has 1 heterocycles. The van der Waals surface area contributed by atoms with Gasteiger partial charge in [-0.3, -0.25) is 0 Å². The fraction of sp³-hybridized carbons (Fsp3) is 0.118. The molecule has 0 aliphatic carbocycles. The second-order valence-electron chi connectivity index (χ2n) is 5.12. The van der Waals surface area contributed by atoms with Crippen LogP contribution in [-0.4, -0.2) is 19.8 Å². The predicted molar refractivity (Wildman–Crippen MR) is 86.0 cm³/mol. The van der Waals surface area contributed by atoms with Gasteiger partial charge in [-0.1, -0.05) is 30.3 Å². The molecular weight excluding hydrogens is 312 g/mol. The largest absolute Gasteiger partial charge is 0.460 e. The Morgan fingerprint density at radius 3 is 2.57 bits per heavy atom. The minimum atomic E-state index is -3.77. The molecule has 0 fully saturated rings. The molecular formula is C17H14N2O3S. The monoisotopic (exact) mass is 326 g/mol. The van der Waals surface area contributed by atoms with Crippen molar-refractivity contribution in [1.29, 1.82) is 5.26 Å². The number of fused-ring (bicyclic) bond motifs is 1. The first kappa shape index (κ1) is 15.3. The Kier molecular flexibility index (Phi) is 3.90. The zero-order valence-corrected chi connectivity index (χ0v) is 13.2. The lowest BCUT2D eigenvalue weighted by Crippen LogP contribution is -2.27. The highest BCUT2D eigenvalue weighted by Crippen LogP contribution is 2.23. The van der Waals surface area contributed by atoms with Crippen molar-refractivity contribution in [2.24, 2.45) is 0 Å². The first-order valence-corrected chi connectivity index (χ1v) is 8.39. The van der Waals surface area contributed by atoms with Gasteiger partial charge in [0.05, 0.1) is 17.0 Å². The van der Waals surface area contributed by atoms with Crippen LogP contribution in [0.2, 0.25) is 0 Å². The third kappa shape index (κ3) is 2.84. The maximum absolute atomic E-state index is 12.7. The highest BCUT2D eigenvalue weighted by molar-refractivity contribution is 7.89. The fourth-order valence-corrected chi connectivity index (χ4v) is 3.65. The third-order valence-electron chi connectivity index (χ3n) is 3.55. The molecule has 0 aliphatic heterocycles. The second kappa shape index (κ2) is 5.88. The normalized spacial score (nSPS) is 11.7. The number of hydrogen-bond donors (Lipinski definition) is 0. The van der Waals surface area contributed by atoms with Crippen LogP contribution in [-0.2, 0) is 16.6 Å². The standard InChI is InChI=1S/C17H14N2O3S/c1-19(12-15-10-13-6-2-4-8-16(13)22-15)23(20,21)17-9-5-3-7-14(17)11-18/h2-10H,12H2,1H3. The zero-order chi connectivity index (χ0) is 16.4. The molecule has 6 heteroatoms. The summed E-state index contributed by atoms with van der Waals surface area (Å²) in [7, 11) is -2.30. The van der Waals surface area contributed by atoms with E-state index in [0.717, 1.165) is 5.39 Å². The van der Waals surface area contributed by atoms with Crippen LogP contribution in [0.1, 0.15) is 11.3 Å². The molecule has 116 valence electrons. The molecule has 0 saturated heterocycles. The zero-order valence-electron chi connectivity index (χ0n) is 12.4. The van der Waals surface area contributed by atoms with Crippen LogP contribution in [0.3, 0.4) is 0 Å². The number of rotatable bonds is 4. The number of nitriles is 1. The average molecular weight is 326 g/mol. The van der Waals surface area contributed by atoms with Gasteiger partial charge in [0, 0.05) is 12.4 Å². The summed E-state index contributed by atoms with van der Waals surface area (Å²) in [6.45, 7) is 0.0940. The molecule has 0 N–H and O–H groups in total. The van der Waals surface area contributed by atoms with Crippen molar-refractivity contribution in [3.05, 3.63) is 65.9 Å². The van der Waals surface area contributed by atoms with Gasteiger partial charge in [-0.05, 0) is 24.3 Å². The van der Waals surface area contributed by atoms with E-state index in [1.807, 2.05) is 36.4 Å². The minimum Gasteiger partial charge on any atom is -0.460 e. The Morgan fingerprint density at radius 1 is 1.13 bits per heavy atom. The van der Waals surface area contributed by atoms with E-state index in [9.17, 15) is 8.42 Å². The van der Waals surface area contributed by atoms with Gasteiger partial charge >= 0.3 is 0 Å². The van der Waals surface area contributed by atoms with Crippen molar-refractivity contribution in [2.75, 3.05) is 7.05 Å². The number of sulfonamides is 1. The van der Waals surface area contributed by atoms with Crippen LogP contribution in [0.25, 0.3) is 11.0 Å². The quantitative estimate of drug-likeness (QED) is 0.738. The Hall–Kier alpha value is -2.62. The van der Waals surface area contributed by atoms with Crippen LogP contribution in [0.15, 0.2) is 63.9 Å². The predicted octanol–water partition coefficient (Wildman–Crippen LogP) is 3.13. The van der Waals surface area contributed by atoms with E-state index in [2.05, 4.69) is 0 Å². The summed E-state index contributed by atoms with van der Waals surface area (Å²) < 4.78 is 32.2. The average Bonchev–Trinajstić information content (AvgIpc) is 2.96. The minimum absolute atomic E-state index is 0.00103. The molecule has 0 unspecified atom stereocenters. The van der Waals surface area contributed by atoms with Gasteiger partial charge in [0.2, 0.25) is 10.0 Å². The van der Waals surface area contributed by atoms with E-state index < -0.39 is 10.0 Å². The molecule has 5 nitrogen and oxygen atoms in total. The third-order valence-corrected chi connectivity index (χ3v) is 5.41. The molecule has 2 aromatic carbocycles. The van der Waals surface area contributed by atoms with E-state index in [4.69, 9.17) is 9.68 Å². The smallest absolute Gasteiger partial charge is 0.244 e. The molecule has 1 aromatic heterocycles. The summed E-state index contributed by atoms with van der Waals surface area (Å²) >= 11 is 0. The molecule has 0 aliphatic rings. The summed E-state index contributed by atoms with van der Waals surface area (Å²) in [5.74, 6) is 0.548. The maximum atomic E-state index is 12.7. The van der Waals surface area contributed by atoms with E-state index >= 15 is 0 Å². The van der Waals surface area contributed by atoms with Gasteiger partial charge in [-0.25, -0.2) is 8.42 Å². The number of furan rings is 1. The Labute approximate surface area is 134 Å². The summed E-state index contributed by atoms with van der Waals surface area (Å²) in [5, 5.41) is 10.0. The lowest BCUT2D eigenvalue weighted by molar-refractivity contribution is 0.417. The topological polar surface area (TPSA) is 74.3 Å². The van der Waals surface area contributed by atoms with Crippen molar-refractivity contribution < 1.29 is 12.8 Å². The molecule has 23 heavy (non-hydrogen) atoms. The van der Waals surface area contributed by atoms with Crippen molar-refractivity contribution >= 4 is 21.0 Å². The first-order valence-electron chi connectivity index (χ1n) is 6.95. The molecule has 0 radical (unpaired) electrons. The number of para-hydroxylation sites is 1. The van der Waals surface area contributed by atoms with Gasteiger partial charge in [-0.15, -0.1) is 0 Å². The van der Waals surface area contributed by atoms with Crippen LogP contribution in [0.4, 0.5) is 0 Å². The lowest BCUT2D eigenvalue weighted by atomic mass is 10.2. The molecule has 0 spiro atoms. The van der Waals surface area contributed by atoms with Gasteiger partial charge < -0.3 is 4.42 Å². The van der Waals surface area contributed by atoms with Crippen LogP contribution >= 0.6 is 0 Å². The van der Waals surface area contributed by atoms with Gasteiger partial charge in [0.1, 0.15) is 17.4 Å². The molecule has 3 rings (SSSR count). The van der Waals surface area contributed by atoms with E-state index in [0.29, 0.717) is 11.3 Å². The first-order chi connectivity index (χ1) is 11.0. The van der Waals surface area contributed by atoms with E-state index in [1.54, 1.807) is 12.1 Å². The van der Waals surface area contributed by atoms with Gasteiger partial charge in [0.15, 0.2) is 0 Å². The van der Waals surface area contributed by atoms with Crippen molar-refractivity contribution in [1.82, 2.24) is 4.31 Å². The summed E-state index contributed by atoms with van der Waals surface area (Å²) in [6.07, 6.45) is 0. The maximum Gasteiger partial charge on any atom is 0.244 e. The summed E-state index contributed by atoms with van der Waals surface area (Å²) in [5.41, 5.74) is 0.842. The summed E-state index contributed by atoms with van der Waals surface area (Å²) in [6, 6.07) is 17.4. The van der Waals surface area contributed by atoms with Gasteiger partial charge in [-0.2, -0.15) is 9.57 Å². The Morgan fingerprint density at radius 2 is 1.83 bits per heavy atom. The number of nitrogens with zero attached hydrogens (tertiary/aromatic N) is 2. The van der Waals surface area contributed by atoms with E-state index in [-0.39, 0.29) is 17.0 Å². The highest BCUT2D eigenvalue weighted by Gasteiger charge is 2.24. The number of hydrogen-bond acceptors (Lipinski definition) is 4. The van der Waals surface area contributed by atoms with Crippen LogP contribution in [0.5, 0.6) is 0 Å². The number of benzene rings is 2. The summed E-state index contributed by atoms with van der Waals surface area (Å²) in [4.78, 5) is 0.00103. The SMILES string of the molecule is CN(Cc1cc2ccccc2o1)S(=O)(=O)c1ccccc1C#N. The Bertz CT molecular complexity index is 967. The van der Waals surface area contributed by atoms with Crippen LogP contribution < -0.4 is 0 Å². The van der Waals surface area contributed by atoms with Crippen molar-refractivity contribution in [3.8, 4) is 6.07 Å². The molecule has 0 saturated carbocycles. The second-order valence-corrected chi connectivity index (χ2v) is 7.13. The molecule has 0 bridgehead atoms. The highest BCUT2D eigenvalue weighted by atomic mass is 32.2. The van der Waals surface area contributed by atoms with Crippen molar-refractivity contribution in [2.45, 2.75) is 11.4 Å². The Balaban J connectivity index is 1.92. The van der Waals surface area contributed by atoms with Gasteiger partial charge in [0.25, 0.3) is 0 Å². The lowest BCUT2D eigenvalue weighted by Gasteiger charge is -2.16. The van der Waals surface area contributed by atoms with E-state index in [1.165, 1.54) is 23.5 Å². The molecule has 0 atom stereocenters.